The molecule has 3 N–H and O–H groups in total. The van der Waals surface area contributed by atoms with Crippen LogP contribution in [0.4, 0.5) is 22.7 Å². The van der Waals surface area contributed by atoms with E-state index in [1.54, 1.807) is 6.07 Å². The Bertz CT molecular complexity index is 2040. The Kier molecular flexibility index (Phi) is 12.1. The minimum atomic E-state index is -5.39. The quantitative estimate of drug-likeness (QED) is 0.102. The maximum Gasteiger partial charge on any atom is 1.00 e. The van der Waals surface area contributed by atoms with Gasteiger partial charge in [-0.1, -0.05) is 18.2 Å². The van der Waals surface area contributed by atoms with E-state index < -0.39 is 67.9 Å². The van der Waals surface area contributed by atoms with Crippen molar-refractivity contribution in [2.75, 3.05) is 10.0 Å². The summed E-state index contributed by atoms with van der Waals surface area (Å²) in [7, 11) is -15.0. The molecule has 0 bridgehead atoms. The molecule has 0 aromatic heterocycles. The Morgan fingerprint density at radius 2 is 1.40 bits per heavy atom. The van der Waals surface area contributed by atoms with Gasteiger partial charge in [0.05, 0.1) is 31.4 Å². The first-order valence-electron chi connectivity index (χ1n) is 11.2. The topological polar surface area (TPSA) is 235 Å². The maximum atomic E-state index is 13.0. The van der Waals surface area contributed by atoms with Crippen molar-refractivity contribution in [1.29, 1.82) is 0 Å². The van der Waals surface area contributed by atoms with E-state index in [1.165, 1.54) is 55.5 Å². The molecule has 0 spiro atoms. The summed E-state index contributed by atoms with van der Waals surface area (Å²) in [5.41, 5.74) is -0.987. The maximum absolute atomic E-state index is 13.0. The van der Waals surface area contributed by atoms with Crippen LogP contribution in [0, 0.1) is 0 Å². The van der Waals surface area contributed by atoms with Crippen LogP contribution in [-0.4, -0.2) is 45.4 Å². The number of hydrogen-bond acceptors (Lipinski definition) is 12. The van der Waals surface area contributed by atoms with Crippen molar-refractivity contribution in [3.8, 4) is 5.75 Å². The predicted molar refractivity (Wildman–Crippen MR) is 144 cm³/mol. The third kappa shape index (κ3) is 8.83. The summed E-state index contributed by atoms with van der Waals surface area (Å²) < 4.78 is 99.8. The summed E-state index contributed by atoms with van der Waals surface area (Å²) in [6.45, 7) is 1.30. The van der Waals surface area contributed by atoms with Crippen molar-refractivity contribution in [1.82, 2.24) is 0 Å². The van der Waals surface area contributed by atoms with E-state index in [9.17, 15) is 44.3 Å². The average molecular weight is 665 g/mol. The van der Waals surface area contributed by atoms with Crippen LogP contribution < -0.4 is 69.2 Å². The summed E-state index contributed by atoms with van der Waals surface area (Å²) in [6.07, 6.45) is 0. The molecule has 0 heterocycles. The molecule has 4 rings (SSSR count). The van der Waals surface area contributed by atoms with Crippen LogP contribution in [0.1, 0.15) is 6.92 Å². The molecule has 0 fully saturated rings. The van der Waals surface area contributed by atoms with Crippen molar-refractivity contribution in [2.45, 2.75) is 21.6 Å². The molecule has 43 heavy (non-hydrogen) atoms. The first-order chi connectivity index (χ1) is 19.1. The monoisotopic (exact) mass is 664 g/mol. The first kappa shape index (κ1) is 36.8. The van der Waals surface area contributed by atoms with Gasteiger partial charge in [0.15, 0.2) is 5.75 Å². The second kappa shape index (κ2) is 14.1. The Labute approximate surface area is 290 Å². The normalized spacial score (nSPS) is 11.9. The molecular formula is C24H18N4Na2O10S3. The number of nitrogens with one attached hydrogen (secondary N) is 2. The number of fused-ring (bicyclic) bond motifs is 1. The number of carbonyl (C=O) groups is 1. The first-order valence-corrected chi connectivity index (χ1v) is 15.5. The molecule has 0 radical (unpaired) electrons. The minimum Gasteiger partial charge on any atom is -0.744 e. The summed E-state index contributed by atoms with van der Waals surface area (Å²) in [4.78, 5) is 8.83. The number of phenols is 1. The number of hydrogen-bond donors (Lipinski definition) is 3. The minimum absolute atomic E-state index is 0. The van der Waals surface area contributed by atoms with Crippen LogP contribution in [0.3, 0.4) is 0 Å². The predicted octanol–water partition coefficient (Wildman–Crippen LogP) is -2.46. The van der Waals surface area contributed by atoms with Crippen LogP contribution in [-0.2, 0) is 35.1 Å². The van der Waals surface area contributed by atoms with Gasteiger partial charge in [-0.05, 0) is 60.0 Å². The van der Waals surface area contributed by atoms with Gasteiger partial charge in [-0.2, -0.15) is 5.11 Å². The van der Waals surface area contributed by atoms with Crippen molar-refractivity contribution in [2.24, 2.45) is 10.2 Å². The van der Waals surface area contributed by atoms with Gasteiger partial charge in [0.2, 0.25) is 5.91 Å². The zero-order chi connectivity index (χ0) is 30.2. The number of carbonyl (C=O) groups excluding carboxylic acids is 1. The zero-order valence-corrected chi connectivity index (χ0v) is 29.1. The molecule has 0 aliphatic carbocycles. The van der Waals surface area contributed by atoms with Crippen LogP contribution in [0.15, 0.2) is 97.7 Å². The van der Waals surface area contributed by atoms with E-state index in [4.69, 9.17) is 0 Å². The number of rotatable bonds is 8. The molecule has 214 valence electrons. The smallest absolute Gasteiger partial charge is 0.744 e. The summed E-state index contributed by atoms with van der Waals surface area (Å²) >= 11 is 0. The molecule has 19 heteroatoms. The summed E-state index contributed by atoms with van der Waals surface area (Å²) in [5.74, 6) is -1.38. The Morgan fingerprint density at radius 3 is 1.93 bits per heavy atom. The largest absolute Gasteiger partial charge is 1.00 e. The summed E-state index contributed by atoms with van der Waals surface area (Å²) in [6, 6.07) is 14.4. The van der Waals surface area contributed by atoms with Crippen molar-refractivity contribution in [3.05, 3.63) is 72.8 Å². The van der Waals surface area contributed by atoms with Gasteiger partial charge < -0.3 is 19.5 Å². The number of benzene rings is 4. The molecule has 0 aliphatic rings. The molecule has 0 aliphatic heterocycles. The third-order valence-electron chi connectivity index (χ3n) is 5.43. The Morgan fingerprint density at radius 1 is 0.791 bits per heavy atom. The molecular weight excluding hydrogens is 646 g/mol. The summed E-state index contributed by atoms with van der Waals surface area (Å²) in [5, 5.41) is 20.2. The molecule has 1 amide bonds. The van der Waals surface area contributed by atoms with Gasteiger partial charge in [-0.25, -0.2) is 25.3 Å². The second-order valence-corrected chi connectivity index (χ2v) is 12.8. The van der Waals surface area contributed by atoms with Gasteiger partial charge in [0.1, 0.15) is 25.9 Å². The zero-order valence-electron chi connectivity index (χ0n) is 22.7. The molecule has 0 saturated carbocycles. The molecule has 4 aromatic carbocycles. The van der Waals surface area contributed by atoms with E-state index in [2.05, 4.69) is 20.3 Å². The molecule has 0 atom stereocenters. The number of anilines is 2. The van der Waals surface area contributed by atoms with Gasteiger partial charge in [-0.3, -0.25) is 9.52 Å². The second-order valence-electron chi connectivity index (χ2n) is 8.40. The Hall–Kier alpha value is -2.42. The fourth-order valence-electron chi connectivity index (χ4n) is 3.70. The van der Waals surface area contributed by atoms with Crippen LogP contribution >= 0.6 is 0 Å². The standard InChI is InChI=1S/C24H20N4O10S3.2Na/c1-14(29)25-16-7-9-17(10-8-16)26-27-23-21(41(36,37)38)12-15-11-19(40(33,34)35)13-20(22(15)24(23)30)28-39(31,32)18-5-3-2-4-6-18;;/h2-13,28,30H,1H3,(H,25,29)(H,33,34,35)(H,36,37,38);;/q;2*+1/p-2. The molecule has 14 nitrogen and oxygen atoms in total. The number of phenolic OH excluding ortho intramolecular Hbond substituents is 1. The molecule has 0 saturated heterocycles. The number of aromatic hydroxyl groups is 1. The fourth-order valence-corrected chi connectivity index (χ4v) is 5.96. The van der Waals surface area contributed by atoms with Crippen LogP contribution in [0.2, 0.25) is 0 Å². The van der Waals surface area contributed by atoms with Crippen LogP contribution in [0.5, 0.6) is 5.75 Å². The number of amides is 1. The SMILES string of the molecule is CC(=O)Nc1ccc(N=Nc2c(S(=O)(=O)[O-])cc3cc(S(=O)(=O)[O-])cc(NS(=O)(=O)c4ccccc4)c3c2O)cc1.[Na+].[Na+]. The fraction of sp³-hybridized carbons (Fsp3) is 0.0417. The van der Waals surface area contributed by atoms with Gasteiger partial charge in [0.25, 0.3) is 10.0 Å². The average Bonchev–Trinajstić information content (AvgIpc) is 2.87. The van der Waals surface area contributed by atoms with E-state index in [1.807, 2.05) is 0 Å². The number of sulfonamides is 1. The van der Waals surface area contributed by atoms with Crippen molar-refractivity contribution in [3.63, 3.8) is 0 Å². The van der Waals surface area contributed by atoms with Crippen molar-refractivity contribution >= 4 is 69.7 Å². The van der Waals surface area contributed by atoms with Gasteiger partial charge >= 0.3 is 59.1 Å². The third-order valence-corrected chi connectivity index (χ3v) is 8.48. The van der Waals surface area contributed by atoms with Crippen molar-refractivity contribution < 1.29 is 103 Å². The van der Waals surface area contributed by atoms with E-state index >= 15 is 0 Å². The van der Waals surface area contributed by atoms with Gasteiger partial charge in [-0.15, -0.1) is 5.11 Å². The number of azo groups is 1. The van der Waals surface area contributed by atoms with E-state index in [0.717, 1.165) is 0 Å². The molecule has 0 unspecified atom stereocenters. The number of nitrogens with zero attached hydrogens (tertiary/aromatic N) is 2. The molecule has 4 aromatic rings. The van der Waals surface area contributed by atoms with Gasteiger partial charge in [0, 0.05) is 12.6 Å². The van der Waals surface area contributed by atoms with Crippen LogP contribution in [0.25, 0.3) is 10.8 Å². The Balaban J connectivity index is 0.00000323. The van der Waals surface area contributed by atoms with E-state index in [0.29, 0.717) is 23.9 Å². The van der Waals surface area contributed by atoms with E-state index in [-0.39, 0.29) is 75.6 Å².